The maximum atomic E-state index is 9.41. The molecule has 0 aromatic rings. The Morgan fingerprint density at radius 2 is 1.84 bits per heavy atom. The minimum Gasteiger partial charge on any atom is -0.395 e. The van der Waals surface area contributed by atoms with Gasteiger partial charge >= 0.3 is 0 Å². The summed E-state index contributed by atoms with van der Waals surface area (Å²) in [6.07, 6.45) is 6.82. The second kappa shape index (κ2) is 8.20. The van der Waals surface area contributed by atoms with Crippen LogP contribution in [0.4, 0.5) is 0 Å². The highest BCUT2D eigenvalue weighted by atomic mass is 16.3. The van der Waals surface area contributed by atoms with Crippen LogP contribution in [-0.4, -0.2) is 72.9 Å². The topological polar surface area (TPSA) is 38.7 Å². The fourth-order valence-electron chi connectivity index (χ4n) is 3.43. The van der Waals surface area contributed by atoms with Crippen LogP contribution in [-0.2, 0) is 0 Å². The summed E-state index contributed by atoms with van der Waals surface area (Å²) in [5.74, 6) is 0. The normalized spacial score (nSPS) is 24.9. The number of nitrogens with zero attached hydrogens (tertiary/aromatic N) is 2. The molecule has 1 unspecified atom stereocenters. The van der Waals surface area contributed by atoms with Gasteiger partial charge in [-0.2, -0.15) is 0 Å². The fraction of sp³-hybridized carbons (Fsp3) is 1.00. The Bertz CT molecular complexity index is 236. The Morgan fingerprint density at radius 3 is 2.42 bits per heavy atom. The monoisotopic (exact) mass is 269 g/mol. The van der Waals surface area contributed by atoms with Crippen molar-refractivity contribution in [3.8, 4) is 0 Å². The minimum atomic E-state index is 0.248. The van der Waals surface area contributed by atoms with Gasteiger partial charge in [0.05, 0.1) is 6.61 Å². The lowest BCUT2D eigenvalue weighted by molar-refractivity contribution is 0.0840. The molecule has 0 radical (unpaired) electrons. The van der Waals surface area contributed by atoms with Crippen LogP contribution in [0.5, 0.6) is 0 Å². The zero-order chi connectivity index (χ0) is 13.5. The second-order valence-corrected chi connectivity index (χ2v) is 6.11. The van der Waals surface area contributed by atoms with E-state index in [1.807, 2.05) is 0 Å². The van der Waals surface area contributed by atoms with Gasteiger partial charge in [0.15, 0.2) is 0 Å². The first kappa shape index (κ1) is 15.2. The number of rotatable bonds is 7. The molecule has 1 aliphatic heterocycles. The minimum absolute atomic E-state index is 0.248. The molecule has 4 nitrogen and oxygen atoms in total. The zero-order valence-electron chi connectivity index (χ0n) is 12.5. The molecule has 4 heteroatoms. The van der Waals surface area contributed by atoms with Crippen LogP contribution in [0.15, 0.2) is 0 Å². The summed E-state index contributed by atoms with van der Waals surface area (Å²) >= 11 is 0. The maximum Gasteiger partial charge on any atom is 0.0597 e. The average molecular weight is 269 g/mol. The summed E-state index contributed by atoms with van der Waals surface area (Å²) < 4.78 is 0. The van der Waals surface area contributed by atoms with Crippen LogP contribution < -0.4 is 5.32 Å². The highest BCUT2D eigenvalue weighted by molar-refractivity contribution is 4.83. The molecular formula is C15H31N3O. The smallest absolute Gasteiger partial charge is 0.0597 e. The molecule has 1 aliphatic carbocycles. The van der Waals surface area contributed by atoms with Crippen LogP contribution >= 0.6 is 0 Å². The molecule has 19 heavy (non-hydrogen) atoms. The number of hydrogen-bond acceptors (Lipinski definition) is 4. The standard InChI is InChI=1S/C15H31N3O/c1-2-7-16-14(13-19)12-17-8-10-18(11-9-17)15-5-3-4-6-15/h14-16,19H,2-13H2,1H3. The molecule has 2 aliphatic rings. The van der Waals surface area contributed by atoms with Crippen molar-refractivity contribution in [3.05, 3.63) is 0 Å². The molecule has 1 atom stereocenters. The van der Waals surface area contributed by atoms with Crippen molar-refractivity contribution in [2.45, 2.75) is 51.1 Å². The SMILES string of the molecule is CCCNC(CO)CN1CCN(C2CCCC2)CC1. The number of aliphatic hydroxyl groups excluding tert-OH is 1. The molecule has 112 valence electrons. The quantitative estimate of drug-likeness (QED) is 0.720. The Kier molecular flexibility index (Phi) is 6.57. The molecule has 0 aromatic carbocycles. The summed E-state index contributed by atoms with van der Waals surface area (Å²) in [7, 11) is 0. The largest absolute Gasteiger partial charge is 0.395 e. The predicted molar refractivity (Wildman–Crippen MR) is 79.4 cm³/mol. The molecule has 0 bridgehead atoms. The van der Waals surface area contributed by atoms with Gasteiger partial charge in [-0.05, 0) is 25.8 Å². The molecule has 0 aromatic heterocycles. The van der Waals surface area contributed by atoms with Crippen molar-refractivity contribution in [1.29, 1.82) is 0 Å². The summed E-state index contributed by atoms with van der Waals surface area (Å²) in [6, 6.07) is 1.12. The molecule has 2 N–H and O–H groups in total. The number of aliphatic hydroxyl groups is 1. The molecule has 0 spiro atoms. The fourth-order valence-corrected chi connectivity index (χ4v) is 3.43. The summed E-state index contributed by atoms with van der Waals surface area (Å²) in [5, 5.41) is 12.8. The van der Waals surface area contributed by atoms with Gasteiger partial charge in [0, 0.05) is 44.8 Å². The van der Waals surface area contributed by atoms with E-state index in [2.05, 4.69) is 22.0 Å². The van der Waals surface area contributed by atoms with E-state index >= 15 is 0 Å². The maximum absolute atomic E-state index is 9.41. The summed E-state index contributed by atoms with van der Waals surface area (Å²) in [4.78, 5) is 5.20. The first-order valence-corrected chi connectivity index (χ1v) is 8.14. The molecule has 2 rings (SSSR count). The van der Waals surface area contributed by atoms with Crippen LogP contribution in [0.1, 0.15) is 39.0 Å². The Hall–Kier alpha value is -0.160. The van der Waals surface area contributed by atoms with Crippen LogP contribution in [0.2, 0.25) is 0 Å². The van der Waals surface area contributed by atoms with Crippen LogP contribution in [0.3, 0.4) is 0 Å². The van der Waals surface area contributed by atoms with Gasteiger partial charge in [0.25, 0.3) is 0 Å². The highest BCUT2D eigenvalue weighted by Crippen LogP contribution is 2.24. The van der Waals surface area contributed by atoms with Gasteiger partial charge < -0.3 is 10.4 Å². The van der Waals surface area contributed by atoms with Gasteiger partial charge in [-0.1, -0.05) is 19.8 Å². The first-order valence-electron chi connectivity index (χ1n) is 8.14. The highest BCUT2D eigenvalue weighted by Gasteiger charge is 2.26. The van der Waals surface area contributed by atoms with Gasteiger partial charge in [0.2, 0.25) is 0 Å². The van der Waals surface area contributed by atoms with Crippen molar-refractivity contribution in [2.75, 3.05) is 45.9 Å². The molecule has 0 amide bonds. The number of hydrogen-bond donors (Lipinski definition) is 2. The van der Waals surface area contributed by atoms with Crippen LogP contribution in [0, 0.1) is 0 Å². The lowest BCUT2D eigenvalue weighted by Gasteiger charge is -2.39. The van der Waals surface area contributed by atoms with E-state index in [4.69, 9.17) is 0 Å². The Balaban J connectivity index is 1.67. The molecular weight excluding hydrogens is 238 g/mol. The number of piperazine rings is 1. The zero-order valence-corrected chi connectivity index (χ0v) is 12.5. The lowest BCUT2D eigenvalue weighted by atomic mass is 10.1. The Labute approximate surface area is 118 Å². The summed E-state index contributed by atoms with van der Waals surface area (Å²) in [6.45, 7) is 9.20. The van der Waals surface area contributed by atoms with E-state index in [0.29, 0.717) is 0 Å². The second-order valence-electron chi connectivity index (χ2n) is 6.11. The third-order valence-electron chi connectivity index (χ3n) is 4.63. The third kappa shape index (κ3) is 4.71. The van der Waals surface area contributed by atoms with E-state index in [-0.39, 0.29) is 12.6 Å². The van der Waals surface area contributed by atoms with Crippen molar-refractivity contribution in [2.24, 2.45) is 0 Å². The van der Waals surface area contributed by atoms with Gasteiger partial charge in [-0.3, -0.25) is 9.80 Å². The van der Waals surface area contributed by atoms with E-state index in [1.165, 1.54) is 51.9 Å². The van der Waals surface area contributed by atoms with E-state index < -0.39 is 0 Å². The Morgan fingerprint density at radius 1 is 1.16 bits per heavy atom. The molecule has 2 fully saturated rings. The first-order chi connectivity index (χ1) is 9.33. The number of nitrogens with one attached hydrogen (secondary N) is 1. The van der Waals surface area contributed by atoms with Gasteiger partial charge in [0.1, 0.15) is 0 Å². The van der Waals surface area contributed by atoms with Gasteiger partial charge in [-0.15, -0.1) is 0 Å². The van der Waals surface area contributed by atoms with E-state index in [0.717, 1.165) is 25.6 Å². The average Bonchev–Trinajstić information content (AvgIpc) is 2.98. The molecule has 1 saturated carbocycles. The van der Waals surface area contributed by atoms with Crippen molar-refractivity contribution < 1.29 is 5.11 Å². The third-order valence-corrected chi connectivity index (χ3v) is 4.63. The predicted octanol–water partition coefficient (Wildman–Crippen LogP) is 0.907. The van der Waals surface area contributed by atoms with Crippen molar-refractivity contribution in [1.82, 2.24) is 15.1 Å². The van der Waals surface area contributed by atoms with Crippen molar-refractivity contribution >= 4 is 0 Å². The molecule has 1 heterocycles. The lowest BCUT2D eigenvalue weighted by Crippen LogP contribution is -2.53. The summed E-state index contributed by atoms with van der Waals surface area (Å²) in [5.41, 5.74) is 0. The van der Waals surface area contributed by atoms with Gasteiger partial charge in [-0.25, -0.2) is 0 Å². The van der Waals surface area contributed by atoms with E-state index in [9.17, 15) is 5.11 Å². The van der Waals surface area contributed by atoms with Crippen LogP contribution in [0.25, 0.3) is 0 Å². The molecule has 1 saturated heterocycles. The van der Waals surface area contributed by atoms with Crippen molar-refractivity contribution in [3.63, 3.8) is 0 Å². The van der Waals surface area contributed by atoms with E-state index in [1.54, 1.807) is 0 Å².